The number of carbonyl (C=O) groups is 1. The summed E-state index contributed by atoms with van der Waals surface area (Å²) in [7, 11) is 0. The van der Waals surface area contributed by atoms with Crippen molar-refractivity contribution in [3.63, 3.8) is 0 Å². The first-order chi connectivity index (χ1) is 14.2. The van der Waals surface area contributed by atoms with Crippen LogP contribution in [-0.4, -0.2) is 5.91 Å². The van der Waals surface area contributed by atoms with Gasteiger partial charge in [0.2, 0.25) is 0 Å². The summed E-state index contributed by atoms with van der Waals surface area (Å²) < 4.78 is 6.59. The maximum absolute atomic E-state index is 12.3. The normalized spacial score (nSPS) is 10.8. The van der Waals surface area contributed by atoms with Crippen molar-refractivity contribution in [1.82, 2.24) is 5.32 Å². The molecule has 3 rings (SSSR count). The maximum Gasteiger partial charge on any atom is 0.262 e. The SMILES string of the molecule is N#C/C(=C/c1ccc(OCc2ccccc2)c(Br)c1)C(=O)NCc1ccccc1. The van der Waals surface area contributed by atoms with E-state index in [1.165, 1.54) is 0 Å². The lowest BCUT2D eigenvalue weighted by Gasteiger charge is -2.09. The Hall–Kier alpha value is -3.36. The first kappa shape index (κ1) is 20.4. The Morgan fingerprint density at radius 3 is 2.28 bits per heavy atom. The molecule has 0 atom stereocenters. The van der Waals surface area contributed by atoms with Gasteiger partial charge in [-0.05, 0) is 50.8 Å². The van der Waals surface area contributed by atoms with Gasteiger partial charge in [-0.25, -0.2) is 0 Å². The highest BCUT2D eigenvalue weighted by atomic mass is 79.9. The van der Waals surface area contributed by atoms with Gasteiger partial charge in [-0.1, -0.05) is 66.7 Å². The molecule has 0 aromatic heterocycles. The number of nitrogens with zero attached hydrogens (tertiary/aromatic N) is 1. The molecule has 5 heteroatoms. The summed E-state index contributed by atoms with van der Waals surface area (Å²) in [5.74, 6) is 0.287. The van der Waals surface area contributed by atoms with E-state index in [0.717, 1.165) is 21.2 Å². The predicted molar refractivity (Wildman–Crippen MR) is 117 cm³/mol. The highest BCUT2D eigenvalue weighted by molar-refractivity contribution is 9.10. The van der Waals surface area contributed by atoms with Gasteiger partial charge in [-0.15, -0.1) is 0 Å². The molecular weight excluding hydrogens is 428 g/mol. The number of nitriles is 1. The lowest BCUT2D eigenvalue weighted by molar-refractivity contribution is -0.117. The Labute approximate surface area is 178 Å². The van der Waals surface area contributed by atoms with Crippen LogP contribution in [0.1, 0.15) is 16.7 Å². The zero-order valence-electron chi connectivity index (χ0n) is 15.6. The molecule has 29 heavy (non-hydrogen) atoms. The molecule has 1 N–H and O–H groups in total. The molecule has 3 aromatic carbocycles. The maximum atomic E-state index is 12.3. The predicted octanol–water partition coefficient (Wildman–Crippen LogP) is 5.25. The highest BCUT2D eigenvalue weighted by Crippen LogP contribution is 2.27. The van der Waals surface area contributed by atoms with Gasteiger partial charge in [0.15, 0.2) is 0 Å². The number of ether oxygens (including phenoxy) is 1. The number of rotatable bonds is 7. The summed E-state index contributed by atoms with van der Waals surface area (Å²) in [6, 6.07) is 26.9. The monoisotopic (exact) mass is 446 g/mol. The van der Waals surface area contributed by atoms with E-state index in [4.69, 9.17) is 4.74 Å². The summed E-state index contributed by atoms with van der Waals surface area (Å²) in [5, 5.41) is 12.1. The van der Waals surface area contributed by atoms with E-state index in [2.05, 4.69) is 21.2 Å². The van der Waals surface area contributed by atoms with E-state index in [1.807, 2.05) is 84.9 Å². The van der Waals surface area contributed by atoms with Gasteiger partial charge in [0.25, 0.3) is 5.91 Å². The minimum absolute atomic E-state index is 0.0470. The fourth-order valence-electron chi connectivity index (χ4n) is 2.65. The number of carbonyl (C=O) groups excluding carboxylic acids is 1. The third-order valence-corrected chi connectivity index (χ3v) is 4.78. The second-order valence-corrected chi connectivity index (χ2v) is 7.16. The lowest BCUT2D eigenvalue weighted by atomic mass is 10.1. The number of hydrogen-bond acceptors (Lipinski definition) is 3. The third kappa shape index (κ3) is 6.06. The zero-order chi connectivity index (χ0) is 20.5. The standard InChI is InChI=1S/C24H19BrN2O2/c25-22-14-20(11-12-23(22)29-17-19-9-5-2-6-10-19)13-21(15-26)24(28)27-16-18-7-3-1-4-8-18/h1-14H,16-17H2,(H,27,28)/b21-13-. The number of benzene rings is 3. The summed E-state index contributed by atoms with van der Waals surface area (Å²) >= 11 is 3.49. The molecule has 3 aromatic rings. The Bertz CT molecular complexity index is 1040. The van der Waals surface area contributed by atoms with Crippen molar-refractivity contribution < 1.29 is 9.53 Å². The van der Waals surface area contributed by atoms with Gasteiger partial charge >= 0.3 is 0 Å². The Morgan fingerprint density at radius 2 is 1.66 bits per heavy atom. The molecule has 0 aliphatic rings. The molecular formula is C24H19BrN2O2. The molecule has 0 saturated carbocycles. The largest absolute Gasteiger partial charge is 0.488 e. The lowest BCUT2D eigenvalue weighted by Crippen LogP contribution is -2.23. The summed E-state index contributed by atoms with van der Waals surface area (Å²) in [6.07, 6.45) is 1.56. The average Bonchev–Trinajstić information content (AvgIpc) is 2.76. The number of nitrogens with one attached hydrogen (secondary N) is 1. The first-order valence-corrected chi connectivity index (χ1v) is 9.85. The van der Waals surface area contributed by atoms with Crippen molar-refractivity contribution in [1.29, 1.82) is 5.26 Å². The Morgan fingerprint density at radius 1 is 1.00 bits per heavy atom. The zero-order valence-corrected chi connectivity index (χ0v) is 17.2. The molecule has 0 bridgehead atoms. The van der Waals surface area contributed by atoms with E-state index in [1.54, 1.807) is 6.08 Å². The van der Waals surface area contributed by atoms with Gasteiger partial charge in [0, 0.05) is 6.54 Å². The van der Waals surface area contributed by atoms with Crippen molar-refractivity contribution in [2.24, 2.45) is 0 Å². The van der Waals surface area contributed by atoms with Gasteiger partial charge in [0.05, 0.1) is 4.47 Å². The first-order valence-electron chi connectivity index (χ1n) is 9.06. The fraction of sp³-hybridized carbons (Fsp3) is 0.0833. The summed E-state index contributed by atoms with van der Waals surface area (Å²) in [4.78, 5) is 12.3. The van der Waals surface area contributed by atoms with Crippen LogP contribution in [0.2, 0.25) is 0 Å². The summed E-state index contributed by atoms with van der Waals surface area (Å²) in [5.41, 5.74) is 2.83. The number of halogens is 1. The fourth-order valence-corrected chi connectivity index (χ4v) is 3.16. The second kappa shape index (κ2) is 10.3. The molecule has 0 heterocycles. The van der Waals surface area contributed by atoms with Crippen LogP contribution in [0.3, 0.4) is 0 Å². The van der Waals surface area contributed by atoms with Crippen LogP contribution in [0.15, 0.2) is 88.9 Å². The van der Waals surface area contributed by atoms with Gasteiger partial charge in [-0.3, -0.25) is 4.79 Å². The van der Waals surface area contributed by atoms with Crippen molar-refractivity contribution in [2.75, 3.05) is 0 Å². The van der Waals surface area contributed by atoms with E-state index in [0.29, 0.717) is 18.9 Å². The van der Waals surface area contributed by atoms with Gasteiger partial charge in [-0.2, -0.15) is 5.26 Å². The molecule has 0 fully saturated rings. The van der Waals surface area contributed by atoms with Crippen LogP contribution in [-0.2, 0) is 17.9 Å². The molecule has 0 saturated heterocycles. The van der Waals surface area contributed by atoms with Crippen LogP contribution >= 0.6 is 15.9 Å². The molecule has 0 spiro atoms. The highest BCUT2D eigenvalue weighted by Gasteiger charge is 2.10. The topological polar surface area (TPSA) is 62.1 Å². The smallest absolute Gasteiger partial charge is 0.262 e. The van der Waals surface area contributed by atoms with E-state index in [-0.39, 0.29) is 5.57 Å². The minimum atomic E-state index is -0.406. The second-order valence-electron chi connectivity index (χ2n) is 6.30. The van der Waals surface area contributed by atoms with E-state index < -0.39 is 5.91 Å². The van der Waals surface area contributed by atoms with Crippen LogP contribution in [0.4, 0.5) is 0 Å². The Kier molecular flexibility index (Phi) is 7.21. The van der Waals surface area contributed by atoms with Crippen LogP contribution in [0, 0.1) is 11.3 Å². The molecule has 1 amide bonds. The Balaban J connectivity index is 1.65. The van der Waals surface area contributed by atoms with E-state index in [9.17, 15) is 10.1 Å². The van der Waals surface area contributed by atoms with Gasteiger partial charge in [0.1, 0.15) is 24.0 Å². The van der Waals surface area contributed by atoms with Crippen LogP contribution in [0.5, 0.6) is 5.75 Å². The molecule has 0 radical (unpaired) electrons. The van der Waals surface area contributed by atoms with E-state index >= 15 is 0 Å². The summed E-state index contributed by atoms with van der Waals surface area (Å²) in [6.45, 7) is 0.828. The minimum Gasteiger partial charge on any atom is -0.488 e. The van der Waals surface area contributed by atoms with Crippen molar-refractivity contribution >= 4 is 27.9 Å². The average molecular weight is 447 g/mol. The number of hydrogen-bond donors (Lipinski definition) is 1. The molecule has 0 unspecified atom stereocenters. The van der Waals surface area contributed by atoms with Crippen molar-refractivity contribution in [3.8, 4) is 11.8 Å². The van der Waals surface area contributed by atoms with Crippen molar-refractivity contribution in [3.05, 3.63) is 106 Å². The molecule has 144 valence electrons. The molecule has 0 aliphatic carbocycles. The van der Waals surface area contributed by atoms with Crippen LogP contribution < -0.4 is 10.1 Å². The van der Waals surface area contributed by atoms with Gasteiger partial charge < -0.3 is 10.1 Å². The third-order valence-electron chi connectivity index (χ3n) is 4.17. The molecule has 0 aliphatic heterocycles. The van der Waals surface area contributed by atoms with Crippen LogP contribution in [0.25, 0.3) is 6.08 Å². The quantitative estimate of drug-likeness (QED) is 0.398. The van der Waals surface area contributed by atoms with Crippen molar-refractivity contribution in [2.45, 2.75) is 13.2 Å². The molecule has 4 nitrogen and oxygen atoms in total. The number of amides is 1.